The predicted octanol–water partition coefficient (Wildman–Crippen LogP) is 3.56. The lowest BCUT2D eigenvalue weighted by atomic mass is 10.1. The molecule has 0 aliphatic carbocycles. The van der Waals surface area contributed by atoms with Gasteiger partial charge in [-0.2, -0.15) is 0 Å². The van der Waals surface area contributed by atoms with Crippen molar-refractivity contribution in [1.29, 1.82) is 5.41 Å². The van der Waals surface area contributed by atoms with Gasteiger partial charge in [-0.3, -0.25) is 10.2 Å². The second-order valence-corrected chi connectivity index (χ2v) is 4.91. The van der Waals surface area contributed by atoms with Crippen LogP contribution < -0.4 is 15.6 Å². The van der Waals surface area contributed by atoms with E-state index in [-0.39, 0.29) is 11.1 Å². The van der Waals surface area contributed by atoms with Crippen LogP contribution in [0.2, 0.25) is 0 Å². The van der Waals surface area contributed by atoms with E-state index in [4.69, 9.17) is 14.6 Å². The van der Waals surface area contributed by atoms with Crippen LogP contribution in [0.3, 0.4) is 0 Å². The number of fused-ring (bicyclic) bond motifs is 1. The molecular weight excluding hydrogens is 292 g/mol. The molecule has 1 amide bonds. The third kappa shape index (κ3) is 3.08. The van der Waals surface area contributed by atoms with E-state index in [1.54, 1.807) is 24.3 Å². The van der Waals surface area contributed by atoms with Crippen LogP contribution in [-0.4, -0.2) is 12.5 Å². The first kappa shape index (κ1) is 14.8. The van der Waals surface area contributed by atoms with Gasteiger partial charge in [-0.1, -0.05) is 30.3 Å². The highest BCUT2D eigenvalue weighted by atomic mass is 16.5. The SMILES string of the molecule is CCOc1ccccc1NC(=O)c1cc2ccccc2oc1=N. The number of hydrogen-bond donors (Lipinski definition) is 2. The lowest BCUT2D eigenvalue weighted by Crippen LogP contribution is -2.21. The maximum atomic E-state index is 12.5. The Bertz CT molecular complexity index is 915. The van der Waals surface area contributed by atoms with Crippen molar-refractivity contribution in [3.05, 3.63) is 65.7 Å². The number of amides is 1. The lowest BCUT2D eigenvalue weighted by molar-refractivity contribution is 0.102. The van der Waals surface area contributed by atoms with Crippen molar-refractivity contribution < 1.29 is 13.9 Å². The fourth-order valence-corrected chi connectivity index (χ4v) is 2.29. The number of carbonyl (C=O) groups excluding carboxylic acids is 1. The van der Waals surface area contributed by atoms with Crippen LogP contribution in [0.15, 0.2) is 59.0 Å². The number of hydrogen-bond acceptors (Lipinski definition) is 4. The second-order valence-electron chi connectivity index (χ2n) is 4.91. The minimum atomic E-state index is -0.406. The molecule has 0 atom stereocenters. The van der Waals surface area contributed by atoms with Gasteiger partial charge in [0.15, 0.2) is 0 Å². The summed E-state index contributed by atoms with van der Waals surface area (Å²) in [6.07, 6.45) is 0. The molecule has 0 saturated carbocycles. The Morgan fingerprint density at radius 2 is 1.91 bits per heavy atom. The molecule has 0 fully saturated rings. The molecule has 3 rings (SSSR count). The molecule has 0 saturated heterocycles. The normalized spacial score (nSPS) is 10.5. The first-order chi connectivity index (χ1) is 11.2. The maximum Gasteiger partial charge on any atom is 0.261 e. The molecule has 5 heteroatoms. The monoisotopic (exact) mass is 308 g/mol. The summed E-state index contributed by atoms with van der Waals surface area (Å²) in [6.45, 7) is 2.38. The van der Waals surface area contributed by atoms with Crippen molar-refractivity contribution in [2.45, 2.75) is 6.92 Å². The van der Waals surface area contributed by atoms with Gasteiger partial charge >= 0.3 is 0 Å². The Morgan fingerprint density at radius 1 is 1.17 bits per heavy atom. The molecule has 1 heterocycles. The van der Waals surface area contributed by atoms with Crippen molar-refractivity contribution in [2.24, 2.45) is 0 Å². The molecule has 0 unspecified atom stereocenters. The van der Waals surface area contributed by atoms with Gasteiger partial charge in [-0.05, 0) is 31.2 Å². The van der Waals surface area contributed by atoms with Gasteiger partial charge in [0.05, 0.1) is 12.3 Å². The molecule has 0 aliphatic heterocycles. The van der Waals surface area contributed by atoms with Crippen LogP contribution in [-0.2, 0) is 0 Å². The zero-order chi connectivity index (χ0) is 16.2. The van der Waals surface area contributed by atoms with E-state index in [2.05, 4.69) is 5.32 Å². The third-order valence-electron chi connectivity index (χ3n) is 3.36. The molecule has 3 aromatic rings. The van der Waals surface area contributed by atoms with Gasteiger partial charge in [0, 0.05) is 5.39 Å². The average Bonchev–Trinajstić information content (AvgIpc) is 2.56. The number of ether oxygens (including phenoxy) is 1. The van der Waals surface area contributed by atoms with Gasteiger partial charge in [-0.25, -0.2) is 0 Å². The Kier molecular flexibility index (Phi) is 4.10. The number of carbonyl (C=O) groups is 1. The van der Waals surface area contributed by atoms with Gasteiger partial charge in [-0.15, -0.1) is 0 Å². The highest BCUT2D eigenvalue weighted by Gasteiger charge is 2.13. The average molecular weight is 308 g/mol. The molecule has 0 aliphatic rings. The molecule has 0 radical (unpaired) electrons. The third-order valence-corrected chi connectivity index (χ3v) is 3.36. The van der Waals surface area contributed by atoms with Crippen LogP contribution in [0.1, 0.15) is 17.3 Å². The summed E-state index contributed by atoms with van der Waals surface area (Å²) in [7, 11) is 0. The fourth-order valence-electron chi connectivity index (χ4n) is 2.29. The van der Waals surface area contributed by atoms with E-state index in [0.717, 1.165) is 5.39 Å². The highest BCUT2D eigenvalue weighted by molar-refractivity contribution is 6.06. The summed E-state index contributed by atoms with van der Waals surface area (Å²) < 4.78 is 10.9. The summed E-state index contributed by atoms with van der Waals surface area (Å²) in [4.78, 5) is 12.5. The smallest absolute Gasteiger partial charge is 0.261 e. The molecule has 5 nitrogen and oxygen atoms in total. The number of rotatable bonds is 4. The van der Waals surface area contributed by atoms with E-state index in [1.165, 1.54) is 0 Å². The Labute approximate surface area is 133 Å². The number of nitrogens with one attached hydrogen (secondary N) is 2. The summed E-state index contributed by atoms with van der Waals surface area (Å²) in [6, 6.07) is 16.1. The Morgan fingerprint density at radius 3 is 2.74 bits per heavy atom. The van der Waals surface area contributed by atoms with Crippen molar-refractivity contribution >= 4 is 22.6 Å². The lowest BCUT2D eigenvalue weighted by Gasteiger charge is -2.11. The van der Waals surface area contributed by atoms with Crippen molar-refractivity contribution in [3.63, 3.8) is 0 Å². The van der Waals surface area contributed by atoms with E-state index in [0.29, 0.717) is 23.6 Å². The van der Waals surface area contributed by atoms with Crippen LogP contribution in [0, 0.1) is 5.41 Å². The van der Waals surface area contributed by atoms with Crippen molar-refractivity contribution in [3.8, 4) is 5.75 Å². The Balaban J connectivity index is 1.95. The van der Waals surface area contributed by atoms with Gasteiger partial charge in [0.25, 0.3) is 5.91 Å². The van der Waals surface area contributed by atoms with Gasteiger partial charge in [0.2, 0.25) is 5.55 Å². The number of para-hydroxylation sites is 3. The van der Waals surface area contributed by atoms with Gasteiger partial charge < -0.3 is 14.5 Å². The van der Waals surface area contributed by atoms with E-state index in [9.17, 15) is 4.79 Å². The fraction of sp³-hybridized carbons (Fsp3) is 0.111. The molecule has 2 aromatic carbocycles. The first-order valence-corrected chi connectivity index (χ1v) is 7.29. The van der Waals surface area contributed by atoms with Crippen LogP contribution in [0.4, 0.5) is 5.69 Å². The van der Waals surface area contributed by atoms with Gasteiger partial charge in [0.1, 0.15) is 16.9 Å². The van der Waals surface area contributed by atoms with Crippen LogP contribution >= 0.6 is 0 Å². The predicted molar refractivity (Wildman–Crippen MR) is 87.6 cm³/mol. The summed E-state index contributed by atoms with van der Waals surface area (Å²) in [5.41, 5.74) is 1.14. The molecule has 116 valence electrons. The first-order valence-electron chi connectivity index (χ1n) is 7.29. The molecule has 23 heavy (non-hydrogen) atoms. The van der Waals surface area contributed by atoms with Crippen LogP contribution in [0.25, 0.3) is 11.0 Å². The quantitative estimate of drug-likeness (QED) is 0.773. The molecule has 1 aromatic heterocycles. The van der Waals surface area contributed by atoms with Crippen molar-refractivity contribution in [1.82, 2.24) is 0 Å². The number of benzene rings is 2. The minimum absolute atomic E-state index is 0.171. The van der Waals surface area contributed by atoms with E-state index < -0.39 is 5.91 Å². The molecule has 2 N–H and O–H groups in total. The Hall–Kier alpha value is -3.08. The molecule has 0 spiro atoms. The maximum absolute atomic E-state index is 12.5. The molecular formula is C18H16N2O3. The topological polar surface area (TPSA) is 75.3 Å². The number of anilines is 1. The standard InChI is InChI=1S/C18H16N2O3/c1-2-22-16-10-6-4-8-14(16)20-18(21)13-11-12-7-3-5-9-15(12)23-17(13)19/h3-11,19H,2H2,1H3,(H,20,21). The highest BCUT2D eigenvalue weighted by Crippen LogP contribution is 2.24. The second kappa shape index (κ2) is 6.36. The summed E-state index contributed by atoms with van der Waals surface area (Å²) in [5.74, 6) is 0.185. The summed E-state index contributed by atoms with van der Waals surface area (Å²) in [5, 5.41) is 11.5. The van der Waals surface area contributed by atoms with E-state index in [1.807, 2.05) is 37.3 Å². The zero-order valence-electron chi connectivity index (χ0n) is 12.6. The molecule has 0 bridgehead atoms. The van der Waals surface area contributed by atoms with Crippen molar-refractivity contribution in [2.75, 3.05) is 11.9 Å². The van der Waals surface area contributed by atoms with E-state index >= 15 is 0 Å². The van der Waals surface area contributed by atoms with Crippen LogP contribution in [0.5, 0.6) is 5.75 Å². The zero-order valence-corrected chi connectivity index (χ0v) is 12.6. The largest absolute Gasteiger partial charge is 0.492 e. The minimum Gasteiger partial charge on any atom is -0.492 e. The summed E-state index contributed by atoms with van der Waals surface area (Å²) >= 11 is 0.